The number of rotatable bonds is 8. The second-order valence-corrected chi connectivity index (χ2v) is 17.6. The topological polar surface area (TPSA) is 67.2 Å². The predicted octanol–water partition coefficient (Wildman–Crippen LogP) is 6.85. The number of anilines is 1. The van der Waals surface area contributed by atoms with Gasteiger partial charge in [0.05, 0.1) is 34.9 Å². The third-order valence-electron chi connectivity index (χ3n) is 7.88. The zero-order chi connectivity index (χ0) is 30.8. The van der Waals surface area contributed by atoms with Crippen LogP contribution in [0.15, 0.2) is 83.6 Å². The lowest BCUT2D eigenvalue weighted by molar-refractivity contribution is -0.00532. The molecule has 0 aliphatic carbocycles. The van der Waals surface area contributed by atoms with Crippen LogP contribution in [0.2, 0.25) is 10.1 Å². The Balaban J connectivity index is 1.70. The first-order chi connectivity index (χ1) is 20.6. The van der Waals surface area contributed by atoms with Crippen molar-refractivity contribution in [3.05, 3.63) is 105 Å². The molecule has 0 saturated carbocycles. The molecule has 43 heavy (non-hydrogen) atoms. The normalized spacial score (nSPS) is 18.2. The molecule has 2 heterocycles. The summed E-state index contributed by atoms with van der Waals surface area (Å²) in [4.78, 5) is 6.70. The van der Waals surface area contributed by atoms with E-state index in [9.17, 15) is 5.21 Å². The molecule has 0 radical (unpaired) electrons. The zero-order valence-corrected chi connectivity index (χ0v) is 27.6. The summed E-state index contributed by atoms with van der Waals surface area (Å²) in [6.45, 7) is 11.9. The minimum absolute atomic E-state index is 0.0366. The molecule has 1 N–H and O–H groups in total. The number of oxime groups is 1. The minimum atomic E-state index is -2.94. The highest BCUT2D eigenvalue weighted by Crippen LogP contribution is 2.41. The van der Waals surface area contributed by atoms with E-state index in [1.807, 2.05) is 50.2 Å². The highest BCUT2D eigenvalue weighted by Gasteiger charge is 2.50. The molecule has 1 aliphatic rings. The first kappa shape index (κ1) is 31.3. The second kappa shape index (κ2) is 12.9. The Morgan fingerprint density at radius 3 is 2.16 bits per heavy atom. The van der Waals surface area contributed by atoms with Crippen molar-refractivity contribution in [2.24, 2.45) is 5.16 Å². The summed E-state index contributed by atoms with van der Waals surface area (Å²) in [5, 5.41) is 15.5. The Hall–Kier alpha value is -3.08. The number of hydrogen-bond donors (Lipinski definition) is 1. The largest absolute Gasteiger partial charge is 0.410 e. The lowest BCUT2D eigenvalue weighted by atomic mass is 10.0. The van der Waals surface area contributed by atoms with Gasteiger partial charge < -0.3 is 19.3 Å². The van der Waals surface area contributed by atoms with E-state index in [1.165, 1.54) is 11.3 Å². The highest BCUT2D eigenvalue weighted by molar-refractivity contribution is 7.12. The van der Waals surface area contributed by atoms with E-state index < -0.39 is 14.1 Å². The van der Waals surface area contributed by atoms with E-state index in [1.54, 1.807) is 17.8 Å². The number of nitrogens with zero attached hydrogens (tertiary/aromatic N) is 3. The van der Waals surface area contributed by atoms with E-state index in [2.05, 4.69) is 60.1 Å². The van der Waals surface area contributed by atoms with Crippen LogP contribution in [-0.4, -0.2) is 49.5 Å². The van der Waals surface area contributed by atoms with Gasteiger partial charge in [0, 0.05) is 30.4 Å². The number of ether oxygens (including phenoxy) is 1. The summed E-state index contributed by atoms with van der Waals surface area (Å²) in [5.74, 6) is -0.654. The van der Waals surface area contributed by atoms with Crippen molar-refractivity contribution in [3.63, 3.8) is 0 Å². The lowest BCUT2D eigenvalue weighted by Crippen LogP contribution is -2.66. The van der Waals surface area contributed by atoms with E-state index in [4.69, 9.17) is 20.8 Å². The smallest absolute Gasteiger partial charge is 0.261 e. The third-order valence-corrected chi connectivity index (χ3v) is 14.0. The summed E-state index contributed by atoms with van der Waals surface area (Å²) in [7, 11) is -2.94. The van der Waals surface area contributed by atoms with Gasteiger partial charge in [0.1, 0.15) is 10.7 Å². The number of morpholine rings is 1. The minimum Gasteiger partial charge on any atom is -0.410 e. The Morgan fingerprint density at radius 1 is 1.09 bits per heavy atom. The highest BCUT2D eigenvalue weighted by atomic mass is 35.5. The number of hydrogen-bond acceptors (Lipinski definition) is 7. The van der Waals surface area contributed by atoms with Crippen molar-refractivity contribution in [1.29, 1.82) is 0 Å². The van der Waals surface area contributed by atoms with Crippen molar-refractivity contribution in [2.45, 2.75) is 58.5 Å². The summed E-state index contributed by atoms with van der Waals surface area (Å²) in [6, 6.07) is 22.5. The van der Waals surface area contributed by atoms with Crippen molar-refractivity contribution in [2.75, 3.05) is 18.0 Å². The molecule has 6 nitrogen and oxygen atoms in total. The van der Waals surface area contributed by atoms with Gasteiger partial charge in [0.25, 0.3) is 8.32 Å². The van der Waals surface area contributed by atoms with Crippen LogP contribution >= 0.6 is 22.9 Å². The predicted molar refractivity (Wildman–Crippen MR) is 176 cm³/mol. The maximum absolute atomic E-state index is 16.2. The second-order valence-electron chi connectivity index (χ2n) is 12.0. The Labute approximate surface area is 262 Å². The van der Waals surface area contributed by atoms with Gasteiger partial charge >= 0.3 is 0 Å². The summed E-state index contributed by atoms with van der Waals surface area (Å²) < 4.78 is 29.5. The first-order valence-corrected chi connectivity index (χ1v) is 17.5. The molecule has 10 heteroatoms. The SMILES string of the molecule is C[C@@H]1CN(c2c(CO[Si](c3ccccc3)(c3ccccc3)C(C)(C)C)cc(C(=NO)c3cncs3)c(F)c2Cl)C[C@H](C)O1. The summed E-state index contributed by atoms with van der Waals surface area (Å²) in [5.41, 5.74) is 3.06. The molecule has 1 saturated heterocycles. The van der Waals surface area contributed by atoms with Crippen molar-refractivity contribution in [1.82, 2.24) is 4.98 Å². The third kappa shape index (κ3) is 6.14. The molecule has 0 bridgehead atoms. The molecule has 0 amide bonds. The summed E-state index contributed by atoms with van der Waals surface area (Å²) >= 11 is 8.17. The monoisotopic (exact) mass is 637 g/mol. The molecule has 4 aromatic rings. The van der Waals surface area contributed by atoms with Crippen LogP contribution in [0.3, 0.4) is 0 Å². The van der Waals surface area contributed by atoms with Crippen LogP contribution in [0, 0.1) is 5.82 Å². The van der Waals surface area contributed by atoms with Crippen LogP contribution in [0.25, 0.3) is 0 Å². The van der Waals surface area contributed by atoms with Crippen LogP contribution in [0.4, 0.5) is 10.1 Å². The zero-order valence-electron chi connectivity index (χ0n) is 25.1. The van der Waals surface area contributed by atoms with E-state index in [-0.39, 0.29) is 40.2 Å². The molecular formula is C33H37ClFN3O3SSi. The van der Waals surface area contributed by atoms with E-state index >= 15 is 4.39 Å². The van der Waals surface area contributed by atoms with Gasteiger partial charge in [-0.2, -0.15) is 0 Å². The van der Waals surface area contributed by atoms with Gasteiger partial charge in [-0.3, -0.25) is 4.98 Å². The summed E-state index contributed by atoms with van der Waals surface area (Å²) in [6.07, 6.45) is 1.41. The van der Waals surface area contributed by atoms with Gasteiger partial charge in [-0.15, -0.1) is 11.3 Å². The van der Waals surface area contributed by atoms with Crippen molar-refractivity contribution >= 4 is 53.0 Å². The molecule has 5 rings (SSSR count). The molecule has 0 spiro atoms. The van der Waals surface area contributed by atoms with Gasteiger partial charge in [0.2, 0.25) is 0 Å². The van der Waals surface area contributed by atoms with E-state index in [0.29, 0.717) is 29.2 Å². The molecular weight excluding hydrogens is 601 g/mol. The van der Waals surface area contributed by atoms with E-state index in [0.717, 1.165) is 10.4 Å². The first-order valence-electron chi connectivity index (χ1n) is 14.3. The number of thiazole rings is 1. The van der Waals surface area contributed by atoms with Crippen LogP contribution < -0.4 is 15.3 Å². The van der Waals surface area contributed by atoms with Gasteiger partial charge in [-0.25, -0.2) is 4.39 Å². The molecule has 1 aromatic heterocycles. The molecule has 2 atom stereocenters. The van der Waals surface area contributed by atoms with Crippen LogP contribution in [-0.2, 0) is 15.8 Å². The Morgan fingerprint density at radius 2 is 1.67 bits per heavy atom. The fourth-order valence-corrected chi connectivity index (χ4v) is 11.7. The maximum Gasteiger partial charge on any atom is 0.261 e. The molecule has 226 valence electrons. The van der Waals surface area contributed by atoms with Crippen LogP contribution in [0.1, 0.15) is 50.6 Å². The molecule has 1 aliphatic heterocycles. The molecule has 3 aromatic carbocycles. The van der Waals surface area contributed by atoms with Crippen LogP contribution in [0.5, 0.6) is 0 Å². The lowest BCUT2D eigenvalue weighted by Gasteiger charge is -2.43. The van der Waals surface area contributed by atoms with Gasteiger partial charge in [0.15, 0.2) is 5.82 Å². The maximum atomic E-state index is 16.2. The van der Waals surface area contributed by atoms with Crippen molar-refractivity contribution < 1.29 is 18.8 Å². The molecule has 1 fully saturated rings. The number of benzene rings is 3. The number of halogens is 2. The quantitative estimate of drug-likeness (QED) is 0.0991. The Kier molecular flexibility index (Phi) is 9.39. The fourth-order valence-electron chi connectivity index (χ4n) is 6.17. The molecule has 0 unspecified atom stereocenters. The fraction of sp³-hybridized carbons (Fsp3) is 0.333. The Bertz CT molecular complexity index is 1520. The number of aromatic nitrogens is 1. The van der Waals surface area contributed by atoms with Crippen molar-refractivity contribution in [3.8, 4) is 0 Å². The standard InChI is InChI=1S/C33H37ClFN3O3SSi/c1-22-18-38(19-23(2)41-22)32-24(16-27(30(35)29(32)34)31(37-39)28-17-36-21-42-28)20-40-43(33(3,4)5,25-12-8-6-9-13-25)26-14-10-7-11-15-26/h6-17,21-23,39H,18-20H2,1-5H3/t22-,23+. The average molecular weight is 638 g/mol. The van der Waals surface area contributed by atoms with Gasteiger partial charge in [-0.05, 0) is 35.3 Å². The van der Waals surface area contributed by atoms with Gasteiger partial charge in [-0.1, -0.05) is 98.2 Å². The average Bonchev–Trinajstić information content (AvgIpc) is 3.51.